The lowest BCUT2D eigenvalue weighted by Crippen LogP contribution is -2.31. The number of aromatic nitrogens is 2. The van der Waals surface area contributed by atoms with Crippen LogP contribution in [0.5, 0.6) is 0 Å². The van der Waals surface area contributed by atoms with Crippen LogP contribution in [0.3, 0.4) is 0 Å². The molecule has 0 bridgehead atoms. The summed E-state index contributed by atoms with van der Waals surface area (Å²) in [6.45, 7) is 2.83. The third kappa shape index (κ3) is 2.18. The van der Waals surface area contributed by atoms with Gasteiger partial charge in [0.2, 0.25) is 11.9 Å². The van der Waals surface area contributed by atoms with Gasteiger partial charge in [0.15, 0.2) is 0 Å². The molecule has 0 saturated carbocycles. The summed E-state index contributed by atoms with van der Waals surface area (Å²) in [5.41, 5.74) is 0. The van der Waals surface area contributed by atoms with Crippen molar-refractivity contribution in [2.75, 3.05) is 31.3 Å². The quantitative estimate of drug-likeness (QED) is 0.900. The van der Waals surface area contributed by atoms with Gasteiger partial charge in [-0.2, -0.15) is 4.98 Å². The van der Waals surface area contributed by atoms with Crippen molar-refractivity contribution in [3.8, 4) is 0 Å². The number of rotatable bonds is 3. The summed E-state index contributed by atoms with van der Waals surface area (Å²) in [7, 11) is 3.62. The van der Waals surface area contributed by atoms with Crippen LogP contribution in [0.25, 0.3) is 10.2 Å². The lowest BCUT2D eigenvalue weighted by molar-refractivity contribution is -0.127. The number of amides is 1. The molecule has 7 heteroatoms. The van der Waals surface area contributed by atoms with Gasteiger partial charge in [-0.05, 0) is 19.4 Å². The Bertz CT molecular complexity index is 668. The van der Waals surface area contributed by atoms with Gasteiger partial charge in [-0.3, -0.25) is 4.79 Å². The Balaban J connectivity index is 1.99. The third-order valence-electron chi connectivity index (χ3n) is 3.48. The van der Waals surface area contributed by atoms with Crippen LogP contribution in [0, 0.1) is 6.92 Å². The Kier molecular flexibility index (Phi) is 3.21. The molecule has 2 N–H and O–H groups in total. The first-order chi connectivity index (χ1) is 9.58. The first-order valence-electron chi connectivity index (χ1n) is 6.56. The molecule has 0 radical (unpaired) electrons. The van der Waals surface area contributed by atoms with E-state index in [1.807, 2.05) is 14.0 Å². The Hall–Kier alpha value is -1.89. The predicted molar refractivity (Wildman–Crippen MR) is 81.4 cm³/mol. The Morgan fingerprint density at radius 3 is 2.90 bits per heavy atom. The monoisotopic (exact) mass is 291 g/mol. The molecule has 0 aliphatic carbocycles. The number of hydrogen-bond donors (Lipinski definition) is 2. The van der Waals surface area contributed by atoms with Crippen molar-refractivity contribution in [1.82, 2.24) is 14.9 Å². The largest absolute Gasteiger partial charge is 0.358 e. The number of nitrogens with one attached hydrogen (secondary N) is 2. The Labute approximate surface area is 121 Å². The van der Waals surface area contributed by atoms with Crippen LogP contribution in [-0.4, -0.2) is 47.5 Å². The first kappa shape index (κ1) is 13.1. The first-order valence-corrected chi connectivity index (χ1v) is 7.37. The van der Waals surface area contributed by atoms with Gasteiger partial charge < -0.3 is 15.5 Å². The van der Waals surface area contributed by atoms with Gasteiger partial charge in [0.05, 0.1) is 5.39 Å². The van der Waals surface area contributed by atoms with E-state index in [-0.39, 0.29) is 11.9 Å². The standard InChI is InChI=1S/C13H17N5OS/c1-7-6-8-10(15-9-4-5-18(3)12(9)19)16-13(14-2)17-11(8)20-7/h6,9H,4-5H2,1-3H3,(H2,14,15,16,17). The number of nitrogens with zero attached hydrogens (tertiary/aromatic N) is 3. The van der Waals surface area contributed by atoms with Crippen LogP contribution in [0.15, 0.2) is 6.07 Å². The molecule has 0 spiro atoms. The third-order valence-corrected chi connectivity index (χ3v) is 4.42. The predicted octanol–water partition coefficient (Wildman–Crippen LogP) is 1.68. The zero-order chi connectivity index (χ0) is 14.3. The van der Waals surface area contributed by atoms with Gasteiger partial charge in [-0.15, -0.1) is 11.3 Å². The summed E-state index contributed by atoms with van der Waals surface area (Å²) < 4.78 is 0. The molecule has 20 heavy (non-hydrogen) atoms. The van der Waals surface area contributed by atoms with E-state index >= 15 is 0 Å². The molecule has 1 unspecified atom stereocenters. The number of hydrogen-bond acceptors (Lipinski definition) is 6. The van der Waals surface area contributed by atoms with Crippen LogP contribution in [0.1, 0.15) is 11.3 Å². The molecular formula is C13H17N5OS. The van der Waals surface area contributed by atoms with E-state index in [2.05, 4.69) is 26.7 Å². The number of carbonyl (C=O) groups is 1. The average molecular weight is 291 g/mol. The van der Waals surface area contributed by atoms with Gasteiger partial charge in [-0.1, -0.05) is 0 Å². The van der Waals surface area contributed by atoms with Crippen molar-refractivity contribution < 1.29 is 4.79 Å². The number of carbonyl (C=O) groups excluding carboxylic acids is 1. The van der Waals surface area contributed by atoms with Crippen molar-refractivity contribution in [1.29, 1.82) is 0 Å². The van der Waals surface area contributed by atoms with Gasteiger partial charge in [0.25, 0.3) is 0 Å². The van der Waals surface area contributed by atoms with Crippen LogP contribution in [0.4, 0.5) is 11.8 Å². The topological polar surface area (TPSA) is 70.2 Å². The van der Waals surface area contributed by atoms with Crippen molar-refractivity contribution in [2.45, 2.75) is 19.4 Å². The van der Waals surface area contributed by atoms with Crippen LogP contribution in [0.2, 0.25) is 0 Å². The second-order valence-corrected chi connectivity index (χ2v) is 6.20. The summed E-state index contributed by atoms with van der Waals surface area (Å²) >= 11 is 1.63. The zero-order valence-corrected chi connectivity index (χ0v) is 12.5. The van der Waals surface area contributed by atoms with Crippen molar-refractivity contribution in [2.24, 2.45) is 0 Å². The van der Waals surface area contributed by atoms with E-state index in [1.165, 1.54) is 4.88 Å². The summed E-state index contributed by atoms with van der Waals surface area (Å²) in [4.78, 5) is 24.8. The maximum atomic E-state index is 12.0. The molecule has 1 fully saturated rings. The molecule has 106 valence electrons. The van der Waals surface area contributed by atoms with E-state index in [0.717, 1.165) is 29.0 Å². The second-order valence-electron chi connectivity index (χ2n) is 4.97. The molecule has 6 nitrogen and oxygen atoms in total. The van der Waals surface area contributed by atoms with E-state index in [4.69, 9.17) is 0 Å². The molecule has 1 saturated heterocycles. The molecular weight excluding hydrogens is 274 g/mol. The van der Waals surface area contributed by atoms with Crippen LogP contribution >= 0.6 is 11.3 Å². The highest BCUT2D eigenvalue weighted by molar-refractivity contribution is 7.18. The maximum absolute atomic E-state index is 12.0. The molecule has 3 heterocycles. The fraction of sp³-hybridized carbons (Fsp3) is 0.462. The number of likely N-dealkylation sites (tertiary alicyclic amines) is 1. The van der Waals surface area contributed by atoms with E-state index in [1.54, 1.807) is 23.3 Å². The molecule has 3 rings (SSSR count). The van der Waals surface area contributed by atoms with Gasteiger partial charge in [0.1, 0.15) is 16.7 Å². The fourth-order valence-electron chi connectivity index (χ4n) is 2.39. The van der Waals surface area contributed by atoms with Crippen LogP contribution in [-0.2, 0) is 4.79 Å². The summed E-state index contributed by atoms with van der Waals surface area (Å²) in [5.74, 6) is 1.42. The highest BCUT2D eigenvalue weighted by atomic mass is 32.1. The maximum Gasteiger partial charge on any atom is 0.244 e. The van der Waals surface area contributed by atoms with Crippen LogP contribution < -0.4 is 10.6 Å². The zero-order valence-electron chi connectivity index (χ0n) is 11.7. The molecule has 1 amide bonds. The molecule has 1 aliphatic heterocycles. The Morgan fingerprint density at radius 2 is 2.25 bits per heavy atom. The number of likely N-dealkylation sites (N-methyl/N-ethyl adjacent to an activating group) is 1. The lowest BCUT2D eigenvalue weighted by atomic mass is 10.2. The second kappa shape index (κ2) is 4.90. The number of fused-ring (bicyclic) bond motifs is 1. The van der Waals surface area contributed by atoms with Gasteiger partial charge in [0, 0.05) is 25.5 Å². The summed E-state index contributed by atoms with van der Waals surface area (Å²) in [6.07, 6.45) is 0.804. The van der Waals surface area contributed by atoms with Gasteiger partial charge >= 0.3 is 0 Å². The minimum atomic E-state index is -0.192. The van der Waals surface area contributed by atoms with Crippen molar-refractivity contribution in [3.63, 3.8) is 0 Å². The normalized spacial score (nSPS) is 18.9. The highest BCUT2D eigenvalue weighted by Gasteiger charge is 2.29. The van der Waals surface area contributed by atoms with E-state index in [9.17, 15) is 4.79 Å². The summed E-state index contributed by atoms with van der Waals surface area (Å²) in [6, 6.07) is 1.87. The minimum Gasteiger partial charge on any atom is -0.358 e. The fourth-order valence-corrected chi connectivity index (χ4v) is 3.26. The SMILES string of the molecule is CNc1nc(NC2CCN(C)C2=O)c2cc(C)sc2n1. The lowest BCUT2D eigenvalue weighted by Gasteiger charge is -2.14. The average Bonchev–Trinajstić information content (AvgIpc) is 2.95. The molecule has 1 atom stereocenters. The molecule has 0 aromatic carbocycles. The molecule has 2 aromatic rings. The highest BCUT2D eigenvalue weighted by Crippen LogP contribution is 2.30. The number of aryl methyl sites for hydroxylation is 1. The molecule has 1 aliphatic rings. The van der Waals surface area contributed by atoms with E-state index in [0.29, 0.717) is 5.95 Å². The smallest absolute Gasteiger partial charge is 0.244 e. The number of anilines is 2. The minimum absolute atomic E-state index is 0.120. The summed E-state index contributed by atoms with van der Waals surface area (Å²) in [5, 5.41) is 7.22. The van der Waals surface area contributed by atoms with E-state index < -0.39 is 0 Å². The number of thiophene rings is 1. The Morgan fingerprint density at radius 1 is 1.45 bits per heavy atom. The van der Waals surface area contributed by atoms with Gasteiger partial charge in [-0.25, -0.2) is 4.98 Å². The van der Waals surface area contributed by atoms with Crippen molar-refractivity contribution >= 4 is 39.2 Å². The van der Waals surface area contributed by atoms with Crippen molar-refractivity contribution in [3.05, 3.63) is 10.9 Å². The molecule has 2 aromatic heterocycles.